The largest absolute Gasteiger partial charge is 0.507 e. The summed E-state index contributed by atoms with van der Waals surface area (Å²) in [5, 5.41) is 9.53. The average Bonchev–Trinajstić information content (AvgIpc) is 2.50. The average molecular weight is 353 g/mol. The van der Waals surface area contributed by atoms with E-state index in [1.165, 1.54) is 63.4 Å². The van der Waals surface area contributed by atoms with Crippen LogP contribution in [0.25, 0.3) is 0 Å². The quantitative estimate of drug-likeness (QED) is 0.557. The summed E-state index contributed by atoms with van der Waals surface area (Å²) in [7, 11) is 0. The molecule has 0 saturated heterocycles. The maximum atomic E-state index is 9.53. The van der Waals surface area contributed by atoms with E-state index in [2.05, 4.69) is 35.0 Å². The highest BCUT2D eigenvalue weighted by Crippen LogP contribution is 2.34. The third kappa shape index (κ3) is 5.65. The highest BCUT2D eigenvalue weighted by molar-refractivity contribution is 9.10. The molecule has 0 aromatic heterocycles. The zero-order valence-electron chi connectivity index (χ0n) is 13.3. The summed E-state index contributed by atoms with van der Waals surface area (Å²) in [6.07, 6.45) is 13.9. The van der Waals surface area contributed by atoms with Crippen molar-refractivity contribution in [2.45, 2.75) is 71.1 Å². The molecule has 1 aliphatic rings. The van der Waals surface area contributed by atoms with Crippen molar-refractivity contribution in [2.24, 2.45) is 11.8 Å². The lowest BCUT2D eigenvalue weighted by atomic mass is 9.78. The molecule has 1 saturated carbocycles. The third-order valence-electron chi connectivity index (χ3n) is 5.04. The first-order valence-corrected chi connectivity index (χ1v) is 9.45. The van der Waals surface area contributed by atoms with Gasteiger partial charge in [-0.2, -0.15) is 0 Å². The van der Waals surface area contributed by atoms with Crippen LogP contribution in [0.15, 0.2) is 22.7 Å². The summed E-state index contributed by atoms with van der Waals surface area (Å²) in [6.45, 7) is 2.29. The molecule has 1 aromatic rings. The second-order valence-corrected chi connectivity index (χ2v) is 7.56. The molecule has 2 rings (SSSR count). The van der Waals surface area contributed by atoms with Gasteiger partial charge in [0.15, 0.2) is 0 Å². The molecule has 118 valence electrons. The van der Waals surface area contributed by atoms with Crippen molar-refractivity contribution in [3.8, 4) is 5.75 Å². The van der Waals surface area contributed by atoms with Crippen molar-refractivity contribution in [1.29, 1.82) is 0 Å². The van der Waals surface area contributed by atoms with Gasteiger partial charge in [0.05, 0.1) is 4.47 Å². The molecule has 1 N–H and O–H groups in total. The Kier molecular flexibility index (Phi) is 7.09. The van der Waals surface area contributed by atoms with Crippen LogP contribution in [0.1, 0.15) is 70.3 Å². The van der Waals surface area contributed by atoms with Gasteiger partial charge in [-0.05, 0) is 58.3 Å². The number of hydrogen-bond acceptors (Lipinski definition) is 1. The minimum Gasteiger partial charge on any atom is -0.507 e. The van der Waals surface area contributed by atoms with Gasteiger partial charge in [0, 0.05) is 0 Å². The number of hydrogen-bond donors (Lipinski definition) is 1. The van der Waals surface area contributed by atoms with E-state index in [4.69, 9.17) is 0 Å². The van der Waals surface area contributed by atoms with Crippen LogP contribution >= 0.6 is 15.9 Å². The zero-order chi connectivity index (χ0) is 15.1. The number of aromatic hydroxyl groups is 1. The Labute approximate surface area is 138 Å². The normalized spacial score (nSPS) is 22.4. The van der Waals surface area contributed by atoms with E-state index < -0.39 is 0 Å². The number of benzene rings is 1. The Morgan fingerprint density at radius 1 is 1.05 bits per heavy atom. The smallest absolute Gasteiger partial charge is 0.129 e. The zero-order valence-corrected chi connectivity index (χ0v) is 14.9. The molecule has 2 heteroatoms. The highest BCUT2D eigenvalue weighted by atomic mass is 79.9. The molecule has 0 radical (unpaired) electrons. The van der Waals surface area contributed by atoms with E-state index in [1.807, 2.05) is 0 Å². The van der Waals surface area contributed by atoms with Crippen molar-refractivity contribution >= 4 is 15.9 Å². The number of aryl methyl sites for hydroxylation is 1. The molecule has 0 atom stereocenters. The first-order chi connectivity index (χ1) is 10.2. The van der Waals surface area contributed by atoms with E-state index in [0.29, 0.717) is 5.75 Å². The molecule has 0 unspecified atom stereocenters. The summed E-state index contributed by atoms with van der Waals surface area (Å²) in [6, 6.07) is 5.91. The Hall–Kier alpha value is -0.500. The van der Waals surface area contributed by atoms with E-state index in [-0.39, 0.29) is 0 Å². The molecule has 1 fully saturated rings. The second kappa shape index (κ2) is 8.82. The van der Waals surface area contributed by atoms with E-state index in [0.717, 1.165) is 22.7 Å². The summed E-state index contributed by atoms with van der Waals surface area (Å²) in [5.74, 6) is 2.27. The van der Waals surface area contributed by atoms with Gasteiger partial charge in [0.2, 0.25) is 0 Å². The molecule has 0 spiro atoms. The highest BCUT2D eigenvalue weighted by Gasteiger charge is 2.20. The second-order valence-electron chi connectivity index (χ2n) is 6.71. The van der Waals surface area contributed by atoms with Crippen LogP contribution in [0.3, 0.4) is 0 Å². The maximum absolute atomic E-state index is 9.53. The standard InChI is InChI=1S/C19H29BrO/c1-2-3-4-5-15-6-8-16(9-7-15)10-11-17-12-13-19(21)18(20)14-17/h12-16,21H,2-11H2,1H3. The summed E-state index contributed by atoms with van der Waals surface area (Å²) >= 11 is 3.40. The van der Waals surface area contributed by atoms with Gasteiger partial charge in [0.1, 0.15) is 5.75 Å². The van der Waals surface area contributed by atoms with E-state index >= 15 is 0 Å². The molecule has 0 amide bonds. The van der Waals surface area contributed by atoms with Crippen LogP contribution < -0.4 is 0 Å². The van der Waals surface area contributed by atoms with Crippen molar-refractivity contribution in [3.63, 3.8) is 0 Å². The van der Waals surface area contributed by atoms with E-state index in [1.54, 1.807) is 6.07 Å². The van der Waals surface area contributed by atoms with Crippen molar-refractivity contribution < 1.29 is 5.11 Å². The molecule has 0 aliphatic heterocycles. The minimum atomic E-state index is 0.339. The molecule has 1 aliphatic carbocycles. The van der Waals surface area contributed by atoms with Crippen molar-refractivity contribution in [3.05, 3.63) is 28.2 Å². The lowest BCUT2D eigenvalue weighted by Crippen LogP contribution is -2.15. The van der Waals surface area contributed by atoms with Crippen molar-refractivity contribution in [2.75, 3.05) is 0 Å². The van der Waals surface area contributed by atoms with Crippen LogP contribution in [0, 0.1) is 11.8 Å². The Balaban J connectivity index is 1.67. The molecule has 0 heterocycles. The van der Waals surface area contributed by atoms with Crippen molar-refractivity contribution in [1.82, 2.24) is 0 Å². The first kappa shape index (κ1) is 16.9. The molecular formula is C19H29BrO. The molecule has 1 aromatic carbocycles. The van der Waals surface area contributed by atoms with Gasteiger partial charge in [0.25, 0.3) is 0 Å². The number of halogens is 1. The van der Waals surface area contributed by atoms with Crippen LogP contribution in [0.4, 0.5) is 0 Å². The molecule has 21 heavy (non-hydrogen) atoms. The minimum absolute atomic E-state index is 0.339. The summed E-state index contributed by atoms with van der Waals surface area (Å²) in [5.41, 5.74) is 1.34. The van der Waals surface area contributed by atoms with Gasteiger partial charge >= 0.3 is 0 Å². The van der Waals surface area contributed by atoms with Crippen LogP contribution in [0.5, 0.6) is 5.75 Å². The molecule has 0 bridgehead atoms. The number of phenolic OH excluding ortho intramolecular Hbond substituents is 1. The molecule has 1 nitrogen and oxygen atoms in total. The van der Waals surface area contributed by atoms with Crippen LogP contribution in [-0.4, -0.2) is 5.11 Å². The lowest BCUT2D eigenvalue weighted by molar-refractivity contribution is 0.249. The Morgan fingerprint density at radius 3 is 2.33 bits per heavy atom. The predicted molar refractivity (Wildman–Crippen MR) is 93.7 cm³/mol. The molecular weight excluding hydrogens is 324 g/mol. The fraction of sp³-hybridized carbons (Fsp3) is 0.684. The fourth-order valence-electron chi connectivity index (χ4n) is 3.57. The SMILES string of the molecule is CCCCCC1CCC(CCc2ccc(O)c(Br)c2)CC1. The third-order valence-corrected chi connectivity index (χ3v) is 5.67. The fourth-order valence-corrected chi connectivity index (χ4v) is 3.99. The number of phenols is 1. The monoisotopic (exact) mass is 352 g/mol. The lowest BCUT2D eigenvalue weighted by Gasteiger charge is -2.28. The Morgan fingerprint density at radius 2 is 1.71 bits per heavy atom. The Bertz CT molecular complexity index is 422. The summed E-state index contributed by atoms with van der Waals surface area (Å²) < 4.78 is 0.819. The topological polar surface area (TPSA) is 20.2 Å². The summed E-state index contributed by atoms with van der Waals surface area (Å²) in [4.78, 5) is 0. The number of rotatable bonds is 7. The van der Waals surface area contributed by atoms with Crippen LogP contribution in [0.2, 0.25) is 0 Å². The number of unbranched alkanes of at least 4 members (excludes halogenated alkanes) is 2. The van der Waals surface area contributed by atoms with Gasteiger partial charge in [-0.1, -0.05) is 64.4 Å². The van der Waals surface area contributed by atoms with Gasteiger partial charge in [-0.15, -0.1) is 0 Å². The maximum Gasteiger partial charge on any atom is 0.129 e. The first-order valence-electron chi connectivity index (χ1n) is 8.66. The van der Waals surface area contributed by atoms with Gasteiger partial charge < -0.3 is 5.11 Å². The van der Waals surface area contributed by atoms with Gasteiger partial charge in [-0.3, -0.25) is 0 Å². The van der Waals surface area contributed by atoms with Crippen LogP contribution in [-0.2, 0) is 6.42 Å². The predicted octanol–water partition coefficient (Wildman–Crippen LogP) is 6.47. The van der Waals surface area contributed by atoms with E-state index in [9.17, 15) is 5.11 Å². The van der Waals surface area contributed by atoms with Gasteiger partial charge in [-0.25, -0.2) is 0 Å².